The van der Waals surface area contributed by atoms with Gasteiger partial charge in [0, 0.05) is 16.7 Å². The lowest BCUT2D eigenvalue weighted by Gasteiger charge is -2.11. The van der Waals surface area contributed by atoms with E-state index in [0.717, 1.165) is 31.4 Å². The third kappa shape index (κ3) is 6.15. The van der Waals surface area contributed by atoms with Gasteiger partial charge in [0.15, 0.2) is 17.5 Å². The number of rotatable bonds is 6. The van der Waals surface area contributed by atoms with Gasteiger partial charge in [0.2, 0.25) is 0 Å². The first-order valence-electron chi connectivity index (χ1n) is 13.7. The number of hydrogen-bond donors (Lipinski definition) is 0. The van der Waals surface area contributed by atoms with Crippen LogP contribution in [-0.2, 0) is 6.42 Å². The van der Waals surface area contributed by atoms with Gasteiger partial charge in [-0.3, -0.25) is 0 Å². The molecule has 0 aliphatic rings. The van der Waals surface area contributed by atoms with Gasteiger partial charge in [-0.05, 0) is 95.9 Å². The normalized spacial score (nSPS) is 11.1. The molecule has 0 bridgehead atoms. The standard InChI is InChI=1S/C36H25F7/c1-3-4-5-6-22-14-26-19-30(39)33(36(43)34(26)29(38)15-22)23-10-7-21(8-11-23)9-12-24-16-28(37)27(13-20(24)2)25-17-31(40)35(42)32(41)18-25/h7-8,10-11,13-19H,3-6H2,1-2H3. The average molecular weight is 591 g/mol. The molecular formula is C36H25F7. The summed E-state index contributed by atoms with van der Waals surface area (Å²) in [6.45, 7) is 3.69. The molecule has 0 saturated heterocycles. The fourth-order valence-electron chi connectivity index (χ4n) is 5.07. The summed E-state index contributed by atoms with van der Waals surface area (Å²) in [6.07, 6.45) is 3.47. The van der Waals surface area contributed by atoms with E-state index in [1.807, 2.05) is 0 Å². The first kappa shape index (κ1) is 29.9. The summed E-state index contributed by atoms with van der Waals surface area (Å²) in [6, 6.07) is 13.9. The second kappa shape index (κ2) is 12.3. The molecular weight excluding hydrogens is 565 g/mol. The number of fused-ring (bicyclic) bond motifs is 1. The molecule has 218 valence electrons. The van der Waals surface area contributed by atoms with E-state index in [-0.39, 0.29) is 33.0 Å². The third-order valence-electron chi connectivity index (χ3n) is 7.33. The smallest absolute Gasteiger partial charge is 0.194 e. The Balaban J connectivity index is 1.42. The summed E-state index contributed by atoms with van der Waals surface area (Å²) >= 11 is 0. The molecule has 0 aromatic heterocycles. The summed E-state index contributed by atoms with van der Waals surface area (Å²) in [5, 5.41) is -0.109. The molecule has 0 unspecified atom stereocenters. The van der Waals surface area contributed by atoms with Crippen molar-refractivity contribution in [3.8, 4) is 34.1 Å². The molecule has 0 saturated carbocycles. The Bertz CT molecular complexity index is 1890. The monoisotopic (exact) mass is 590 g/mol. The van der Waals surface area contributed by atoms with Gasteiger partial charge in [0.05, 0.1) is 10.9 Å². The lowest BCUT2D eigenvalue weighted by Crippen LogP contribution is -1.97. The summed E-state index contributed by atoms with van der Waals surface area (Å²) in [7, 11) is 0. The first-order chi connectivity index (χ1) is 20.6. The lowest BCUT2D eigenvalue weighted by molar-refractivity contribution is 0.447. The van der Waals surface area contributed by atoms with Gasteiger partial charge in [-0.25, -0.2) is 30.7 Å². The zero-order valence-corrected chi connectivity index (χ0v) is 23.3. The number of benzene rings is 5. The van der Waals surface area contributed by atoms with E-state index in [9.17, 15) is 22.0 Å². The van der Waals surface area contributed by atoms with Crippen molar-refractivity contribution in [2.75, 3.05) is 0 Å². The van der Waals surface area contributed by atoms with Crippen LogP contribution in [0.3, 0.4) is 0 Å². The van der Waals surface area contributed by atoms with Crippen LogP contribution in [0.15, 0.2) is 66.7 Å². The highest BCUT2D eigenvalue weighted by atomic mass is 19.2. The Morgan fingerprint density at radius 3 is 1.98 bits per heavy atom. The van der Waals surface area contributed by atoms with Crippen LogP contribution < -0.4 is 0 Å². The molecule has 0 nitrogen and oxygen atoms in total. The molecule has 0 fully saturated rings. The molecule has 0 heterocycles. The lowest BCUT2D eigenvalue weighted by atomic mass is 9.96. The number of unbranched alkanes of at least 4 members (excludes halogenated alkanes) is 2. The van der Waals surface area contributed by atoms with Crippen molar-refractivity contribution in [2.45, 2.75) is 39.5 Å². The minimum absolute atomic E-state index is 0.117. The van der Waals surface area contributed by atoms with Crippen LogP contribution in [-0.4, -0.2) is 0 Å². The molecule has 0 spiro atoms. The van der Waals surface area contributed by atoms with E-state index >= 15 is 8.78 Å². The van der Waals surface area contributed by atoms with Crippen molar-refractivity contribution in [3.05, 3.63) is 130 Å². The topological polar surface area (TPSA) is 0 Å². The maximum atomic E-state index is 15.5. The van der Waals surface area contributed by atoms with Crippen molar-refractivity contribution < 1.29 is 30.7 Å². The van der Waals surface area contributed by atoms with Crippen LogP contribution in [0.1, 0.15) is 48.4 Å². The van der Waals surface area contributed by atoms with Crippen LogP contribution >= 0.6 is 0 Å². The van der Waals surface area contributed by atoms with E-state index in [4.69, 9.17) is 0 Å². The summed E-state index contributed by atoms with van der Waals surface area (Å²) in [5.74, 6) is -2.18. The van der Waals surface area contributed by atoms with Gasteiger partial charge in [-0.1, -0.05) is 49.8 Å². The van der Waals surface area contributed by atoms with E-state index in [1.54, 1.807) is 13.0 Å². The van der Waals surface area contributed by atoms with Crippen LogP contribution in [0.5, 0.6) is 0 Å². The number of hydrogen-bond acceptors (Lipinski definition) is 0. The maximum absolute atomic E-state index is 15.5. The highest BCUT2D eigenvalue weighted by Gasteiger charge is 2.19. The van der Waals surface area contributed by atoms with Gasteiger partial charge in [0.1, 0.15) is 23.3 Å². The molecule has 0 aliphatic carbocycles. The molecule has 0 N–H and O–H groups in total. The van der Waals surface area contributed by atoms with Crippen molar-refractivity contribution >= 4 is 10.8 Å². The highest BCUT2D eigenvalue weighted by molar-refractivity contribution is 5.89. The van der Waals surface area contributed by atoms with Gasteiger partial charge in [-0.15, -0.1) is 0 Å². The second-order valence-corrected chi connectivity index (χ2v) is 10.4. The van der Waals surface area contributed by atoms with E-state index in [2.05, 4.69) is 18.8 Å². The van der Waals surface area contributed by atoms with Crippen LogP contribution in [0.4, 0.5) is 30.7 Å². The average Bonchev–Trinajstić information content (AvgIpc) is 2.96. The fraction of sp³-hybridized carbons (Fsp3) is 0.167. The SMILES string of the molecule is CCCCCc1cc(F)c2c(F)c(-c3ccc(C#Cc4cc(F)c(-c5cc(F)c(F)c(F)c5)cc4C)cc3)c(F)cc2c1. The minimum Gasteiger partial charge on any atom is -0.206 e. The van der Waals surface area contributed by atoms with E-state index < -0.39 is 40.7 Å². The largest absolute Gasteiger partial charge is 0.206 e. The summed E-state index contributed by atoms with van der Waals surface area (Å²) in [5.41, 5.74) is 1.51. The Kier molecular flexibility index (Phi) is 8.59. The van der Waals surface area contributed by atoms with Gasteiger partial charge < -0.3 is 0 Å². The predicted octanol–water partition coefficient (Wildman–Crippen LogP) is 10.6. The molecule has 0 atom stereocenters. The maximum Gasteiger partial charge on any atom is 0.194 e. The van der Waals surface area contributed by atoms with Crippen LogP contribution in [0.2, 0.25) is 0 Å². The molecule has 0 radical (unpaired) electrons. The Morgan fingerprint density at radius 1 is 0.605 bits per heavy atom. The molecule has 5 rings (SSSR count). The molecule has 43 heavy (non-hydrogen) atoms. The molecule has 5 aromatic rings. The quantitative estimate of drug-likeness (QED) is 0.0799. The second-order valence-electron chi connectivity index (χ2n) is 10.4. The first-order valence-corrected chi connectivity index (χ1v) is 13.7. The van der Waals surface area contributed by atoms with Gasteiger partial charge >= 0.3 is 0 Å². The number of halogens is 7. The van der Waals surface area contributed by atoms with Gasteiger partial charge in [0.25, 0.3) is 0 Å². The summed E-state index contributed by atoms with van der Waals surface area (Å²) < 4.78 is 101. The molecule has 5 aromatic carbocycles. The third-order valence-corrected chi connectivity index (χ3v) is 7.33. The number of aryl methyl sites for hydroxylation is 2. The summed E-state index contributed by atoms with van der Waals surface area (Å²) in [4.78, 5) is 0. The zero-order valence-electron chi connectivity index (χ0n) is 23.3. The van der Waals surface area contributed by atoms with Crippen molar-refractivity contribution in [1.82, 2.24) is 0 Å². The minimum atomic E-state index is -1.64. The van der Waals surface area contributed by atoms with E-state index in [1.165, 1.54) is 36.4 Å². The zero-order chi connectivity index (χ0) is 30.8. The van der Waals surface area contributed by atoms with Gasteiger partial charge in [-0.2, -0.15) is 0 Å². The van der Waals surface area contributed by atoms with Crippen LogP contribution in [0.25, 0.3) is 33.0 Å². The molecule has 0 amide bonds. The predicted molar refractivity (Wildman–Crippen MR) is 155 cm³/mol. The van der Waals surface area contributed by atoms with Crippen molar-refractivity contribution in [3.63, 3.8) is 0 Å². The fourth-order valence-corrected chi connectivity index (χ4v) is 5.07. The Labute approximate surface area is 244 Å². The van der Waals surface area contributed by atoms with Crippen molar-refractivity contribution in [2.24, 2.45) is 0 Å². The molecule has 0 aliphatic heterocycles. The Morgan fingerprint density at radius 2 is 1.30 bits per heavy atom. The highest BCUT2D eigenvalue weighted by Crippen LogP contribution is 2.34. The molecule has 7 heteroatoms. The van der Waals surface area contributed by atoms with Crippen LogP contribution in [0, 0.1) is 59.5 Å². The van der Waals surface area contributed by atoms with Crippen molar-refractivity contribution in [1.29, 1.82) is 0 Å². The van der Waals surface area contributed by atoms with E-state index in [0.29, 0.717) is 40.8 Å². The Hall–Kier alpha value is -4.57.